The summed E-state index contributed by atoms with van der Waals surface area (Å²) in [6, 6.07) is 1.54. The number of halogens is 3. The Labute approximate surface area is 169 Å². The zero-order chi connectivity index (χ0) is 20.9. The third-order valence-corrected chi connectivity index (χ3v) is 8.06. The number of ether oxygens (including phenoxy) is 3. The van der Waals surface area contributed by atoms with Gasteiger partial charge in [0.05, 0.1) is 25.0 Å². The molecule has 6 nitrogen and oxygen atoms in total. The molecule has 10 heteroatoms. The Morgan fingerprint density at radius 1 is 1.24 bits per heavy atom. The van der Waals surface area contributed by atoms with Crippen LogP contribution in [0.1, 0.15) is 19.9 Å². The van der Waals surface area contributed by atoms with Gasteiger partial charge in [-0.3, -0.25) is 0 Å². The monoisotopic (exact) mass is 431 g/mol. The lowest BCUT2D eigenvalue weighted by atomic mass is 10.00. The molecule has 4 rings (SSSR count). The fourth-order valence-electron chi connectivity index (χ4n) is 4.03. The molecular formula is C19H24F3N3O3S. The van der Waals surface area contributed by atoms with E-state index in [4.69, 9.17) is 14.2 Å². The zero-order valence-corrected chi connectivity index (χ0v) is 17.5. The van der Waals surface area contributed by atoms with E-state index in [1.807, 2.05) is 13.8 Å². The predicted octanol–water partition coefficient (Wildman–Crippen LogP) is 3.08. The number of benzene rings is 1. The molecule has 1 unspecified atom stereocenters. The van der Waals surface area contributed by atoms with Crippen molar-refractivity contribution in [2.24, 2.45) is 0 Å². The standard InChI is InChI=1S/C19H24F3N3O3S/c1-19(2)27-8-15-18(28-19)17(14(26-3)9-29(15)4)25-7-13(23-24-25)10-5-11(20)16(22)12(21)6-10/h5-7,14-15,17-18,29H,8-9H2,1-4H3/t14-,15+,17-,18-/m0/s1. The van der Waals surface area contributed by atoms with Gasteiger partial charge in [0.1, 0.15) is 11.7 Å². The van der Waals surface area contributed by atoms with Gasteiger partial charge in [0.15, 0.2) is 23.2 Å². The van der Waals surface area contributed by atoms with Crippen LogP contribution in [0.15, 0.2) is 18.3 Å². The molecule has 0 radical (unpaired) electrons. The van der Waals surface area contributed by atoms with E-state index in [1.165, 1.54) is 0 Å². The van der Waals surface area contributed by atoms with E-state index in [0.717, 1.165) is 17.9 Å². The lowest BCUT2D eigenvalue weighted by Crippen LogP contribution is -2.58. The summed E-state index contributed by atoms with van der Waals surface area (Å²) < 4.78 is 60.1. The van der Waals surface area contributed by atoms with Crippen molar-refractivity contribution in [2.45, 2.75) is 43.1 Å². The van der Waals surface area contributed by atoms with Crippen molar-refractivity contribution in [1.82, 2.24) is 15.0 Å². The molecule has 2 aliphatic rings. The molecule has 0 bridgehead atoms. The molecule has 1 aromatic carbocycles. The van der Waals surface area contributed by atoms with Gasteiger partial charge in [-0.05, 0) is 32.2 Å². The molecule has 2 saturated heterocycles. The highest BCUT2D eigenvalue weighted by atomic mass is 32.2. The van der Waals surface area contributed by atoms with Gasteiger partial charge in [-0.15, -0.1) is 5.10 Å². The summed E-state index contributed by atoms with van der Waals surface area (Å²) >= 11 is 0. The van der Waals surface area contributed by atoms with Crippen LogP contribution in [-0.2, 0) is 14.2 Å². The first-order valence-corrected chi connectivity index (χ1v) is 11.4. The number of thiol groups is 1. The Bertz CT molecular complexity index is 887. The fraction of sp³-hybridized carbons (Fsp3) is 0.579. The normalized spacial score (nSPS) is 32.7. The van der Waals surface area contributed by atoms with Crippen LogP contribution in [0.25, 0.3) is 11.3 Å². The molecule has 2 fully saturated rings. The van der Waals surface area contributed by atoms with Gasteiger partial charge >= 0.3 is 0 Å². The lowest BCUT2D eigenvalue weighted by molar-refractivity contribution is -0.284. The number of hydrogen-bond donors (Lipinski definition) is 1. The second-order valence-electron chi connectivity index (χ2n) is 7.90. The van der Waals surface area contributed by atoms with Crippen molar-refractivity contribution >= 4 is 10.9 Å². The van der Waals surface area contributed by atoms with E-state index in [-0.39, 0.29) is 45.7 Å². The van der Waals surface area contributed by atoms with Crippen LogP contribution in [0.3, 0.4) is 0 Å². The van der Waals surface area contributed by atoms with E-state index in [1.54, 1.807) is 18.0 Å². The Morgan fingerprint density at radius 3 is 2.59 bits per heavy atom. The molecule has 29 heavy (non-hydrogen) atoms. The minimum atomic E-state index is -1.51. The molecule has 0 N–H and O–H groups in total. The second kappa shape index (κ2) is 7.57. The summed E-state index contributed by atoms with van der Waals surface area (Å²) in [7, 11) is 1.27. The Kier molecular flexibility index (Phi) is 5.39. The first kappa shape index (κ1) is 20.6. The Hall–Kier alpha value is -1.62. The molecular weight excluding hydrogens is 407 g/mol. The zero-order valence-electron chi connectivity index (χ0n) is 16.6. The van der Waals surface area contributed by atoms with E-state index in [0.29, 0.717) is 6.61 Å². The molecule has 0 spiro atoms. The highest BCUT2D eigenvalue weighted by molar-refractivity contribution is 8.17. The first-order chi connectivity index (χ1) is 13.7. The average molecular weight is 431 g/mol. The molecule has 2 aliphatic heterocycles. The average Bonchev–Trinajstić information content (AvgIpc) is 3.14. The van der Waals surface area contributed by atoms with Crippen molar-refractivity contribution < 1.29 is 27.4 Å². The topological polar surface area (TPSA) is 58.4 Å². The molecule has 0 saturated carbocycles. The molecule has 3 heterocycles. The maximum atomic E-state index is 13.6. The van der Waals surface area contributed by atoms with Crippen LogP contribution in [0.4, 0.5) is 13.2 Å². The van der Waals surface area contributed by atoms with Gasteiger partial charge < -0.3 is 14.2 Å². The van der Waals surface area contributed by atoms with Crippen LogP contribution < -0.4 is 0 Å². The third kappa shape index (κ3) is 3.78. The summed E-state index contributed by atoms with van der Waals surface area (Å²) in [5, 5.41) is 8.46. The van der Waals surface area contributed by atoms with Gasteiger partial charge in [-0.25, -0.2) is 28.7 Å². The summed E-state index contributed by atoms with van der Waals surface area (Å²) in [6.45, 7) is 4.32. The van der Waals surface area contributed by atoms with Gasteiger partial charge in [-0.2, -0.15) is 0 Å². The van der Waals surface area contributed by atoms with Crippen molar-refractivity contribution in [3.05, 3.63) is 35.8 Å². The van der Waals surface area contributed by atoms with Crippen LogP contribution in [0.2, 0.25) is 0 Å². The van der Waals surface area contributed by atoms with Gasteiger partial charge in [0.25, 0.3) is 0 Å². The summed E-state index contributed by atoms with van der Waals surface area (Å²) in [5.74, 6) is -3.94. The molecule has 0 amide bonds. The summed E-state index contributed by atoms with van der Waals surface area (Å²) in [6.07, 6.45) is 3.44. The quantitative estimate of drug-likeness (QED) is 0.598. The molecule has 1 aromatic heterocycles. The van der Waals surface area contributed by atoms with Crippen LogP contribution >= 0.6 is 10.9 Å². The smallest absolute Gasteiger partial charge is 0.194 e. The van der Waals surface area contributed by atoms with Gasteiger partial charge in [-0.1, -0.05) is 5.21 Å². The number of hydrogen-bond acceptors (Lipinski definition) is 5. The molecule has 0 aliphatic carbocycles. The van der Waals surface area contributed by atoms with Crippen molar-refractivity contribution in [2.75, 3.05) is 25.7 Å². The van der Waals surface area contributed by atoms with Crippen LogP contribution in [0, 0.1) is 17.5 Å². The largest absolute Gasteiger partial charge is 0.378 e. The third-order valence-electron chi connectivity index (χ3n) is 5.55. The lowest BCUT2D eigenvalue weighted by Gasteiger charge is -2.52. The number of methoxy groups -OCH3 is 1. The van der Waals surface area contributed by atoms with Crippen LogP contribution in [-0.4, -0.2) is 64.0 Å². The van der Waals surface area contributed by atoms with E-state index in [9.17, 15) is 13.2 Å². The Balaban J connectivity index is 1.70. The maximum absolute atomic E-state index is 13.6. The number of rotatable bonds is 3. The second-order valence-corrected chi connectivity index (χ2v) is 10.4. The molecule has 2 aromatic rings. The minimum absolute atomic E-state index is 0.111. The number of aromatic nitrogens is 3. The van der Waals surface area contributed by atoms with Crippen molar-refractivity contribution in [3.8, 4) is 11.3 Å². The van der Waals surface area contributed by atoms with E-state index in [2.05, 4.69) is 16.6 Å². The SMILES string of the molecule is CO[C@H]1C[SH](C)[C@@H]2COC(C)(C)O[C@@H]2[C@H]1n1cc(-c2cc(F)c(F)c(F)c2)nn1. The number of nitrogens with zero attached hydrogens (tertiary/aromatic N) is 3. The first-order valence-electron chi connectivity index (χ1n) is 9.32. The van der Waals surface area contributed by atoms with Crippen LogP contribution in [0.5, 0.6) is 0 Å². The Morgan fingerprint density at radius 2 is 1.93 bits per heavy atom. The van der Waals surface area contributed by atoms with Crippen molar-refractivity contribution in [1.29, 1.82) is 0 Å². The fourth-order valence-corrected chi connectivity index (χ4v) is 6.30. The number of fused-ring (bicyclic) bond motifs is 1. The van der Waals surface area contributed by atoms with E-state index < -0.39 is 23.2 Å². The molecule has 5 atom stereocenters. The summed E-state index contributed by atoms with van der Waals surface area (Å²) in [4.78, 5) is 0. The molecule has 160 valence electrons. The van der Waals surface area contributed by atoms with E-state index >= 15 is 0 Å². The van der Waals surface area contributed by atoms with Gasteiger partial charge in [0, 0.05) is 23.7 Å². The maximum Gasteiger partial charge on any atom is 0.194 e. The van der Waals surface area contributed by atoms with Gasteiger partial charge in [0.2, 0.25) is 0 Å². The highest BCUT2D eigenvalue weighted by Crippen LogP contribution is 2.48. The summed E-state index contributed by atoms with van der Waals surface area (Å²) in [5.41, 5.74) is 0.352. The minimum Gasteiger partial charge on any atom is -0.378 e. The van der Waals surface area contributed by atoms with Crippen molar-refractivity contribution in [3.63, 3.8) is 0 Å². The predicted molar refractivity (Wildman–Crippen MR) is 104 cm³/mol. The highest BCUT2D eigenvalue weighted by Gasteiger charge is 2.50.